The summed E-state index contributed by atoms with van der Waals surface area (Å²) in [6.45, 7) is -0.222. The summed E-state index contributed by atoms with van der Waals surface area (Å²) in [6, 6.07) is 6.36. The van der Waals surface area contributed by atoms with Crippen molar-refractivity contribution in [1.29, 1.82) is 5.26 Å². The maximum absolute atomic E-state index is 13.8. The van der Waals surface area contributed by atoms with E-state index < -0.39 is 11.8 Å². The maximum atomic E-state index is 13.8. The summed E-state index contributed by atoms with van der Waals surface area (Å²) in [7, 11) is 1.47. The number of hydrogen-bond acceptors (Lipinski definition) is 5. The second-order valence-corrected chi connectivity index (χ2v) is 4.74. The average Bonchev–Trinajstić information content (AvgIpc) is 2.77. The summed E-state index contributed by atoms with van der Waals surface area (Å²) < 4.78 is 24.3. The zero-order chi connectivity index (χ0) is 13.8. The molecular weight excluding hydrogens is 269 g/mol. The van der Waals surface area contributed by atoms with Crippen molar-refractivity contribution in [3.8, 4) is 6.07 Å². The molecule has 0 unspecified atom stereocenters. The molecule has 0 atom stereocenters. The van der Waals surface area contributed by atoms with E-state index in [-0.39, 0.29) is 18.1 Å². The highest BCUT2D eigenvalue weighted by Gasteiger charge is 2.21. The van der Waals surface area contributed by atoms with Crippen molar-refractivity contribution in [1.82, 2.24) is 0 Å². The first-order valence-electron chi connectivity index (χ1n) is 5.42. The van der Waals surface area contributed by atoms with Crippen LogP contribution >= 0.6 is 11.3 Å². The van der Waals surface area contributed by atoms with Gasteiger partial charge in [-0.3, -0.25) is 0 Å². The third-order valence-electron chi connectivity index (χ3n) is 2.51. The molecule has 0 aliphatic rings. The van der Waals surface area contributed by atoms with Crippen molar-refractivity contribution in [3.63, 3.8) is 0 Å². The normalized spacial score (nSPS) is 10.4. The van der Waals surface area contributed by atoms with E-state index in [1.165, 1.54) is 13.2 Å². The van der Waals surface area contributed by atoms with Gasteiger partial charge >= 0.3 is 5.97 Å². The van der Waals surface area contributed by atoms with Crippen molar-refractivity contribution in [2.75, 3.05) is 13.7 Å². The molecule has 4 nitrogen and oxygen atoms in total. The molecule has 0 saturated carbocycles. The van der Waals surface area contributed by atoms with Crippen LogP contribution in [-0.4, -0.2) is 19.7 Å². The average molecular weight is 279 g/mol. The molecule has 0 spiro atoms. The molecule has 0 amide bonds. The van der Waals surface area contributed by atoms with Crippen LogP contribution in [-0.2, 0) is 16.1 Å². The molecule has 1 aromatic heterocycles. The fourth-order valence-electron chi connectivity index (χ4n) is 1.78. The zero-order valence-electron chi connectivity index (χ0n) is 10.1. The first-order valence-corrected chi connectivity index (χ1v) is 6.23. The lowest BCUT2D eigenvalue weighted by molar-refractivity contribution is 0.0556. The Morgan fingerprint density at radius 3 is 3.00 bits per heavy atom. The SMILES string of the molecule is COCc1c(C(=O)OCC#N)sc2cccc(F)c12. The molecule has 19 heavy (non-hydrogen) atoms. The van der Waals surface area contributed by atoms with Crippen LogP contribution in [0.3, 0.4) is 0 Å². The molecule has 0 aliphatic carbocycles. The lowest BCUT2D eigenvalue weighted by Crippen LogP contribution is -2.06. The predicted octanol–water partition coefficient (Wildman–Crippen LogP) is 2.87. The number of fused-ring (bicyclic) bond motifs is 1. The number of methoxy groups -OCH3 is 1. The number of nitrogens with zero attached hydrogens (tertiary/aromatic N) is 1. The Kier molecular flexibility index (Phi) is 4.10. The van der Waals surface area contributed by atoms with E-state index in [0.717, 1.165) is 11.3 Å². The Morgan fingerprint density at radius 2 is 2.32 bits per heavy atom. The standard InChI is InChI=1S/C13H10FNO3S/c1-17-7-8-11-9(14)3-2-4-10(11)19-12(8)13(16)18-6-5-15/h2-4H,6-7H2,1H3. The number of rotatable bonds is 4. The minimum Gasteiger partial charge on any atom is -0.446 e. The third kappa shape index (κ3) is 2.57. The quantitative estimate of drug-likeness (QED) is 0.807. The lowest BCUT2D eigenvalue weighted by atomic mass is 10.1. The maximum Gasteiger partial charge on any atom is 0.349 e. The van der Waals surface area contributed by atoms with Gasteiger partial charge in [-0.25, -0.2) is 9.18 Å². The lowest BCUT2D eigenvalue weighted by Gasteiger charge is -2.03. The van der Waals surface area contributed by atoms with Crippen LogP contribution in [0.25, 0.3) is 10.1 Å². The van der Waals surface area contributed by atoms with Crippen LogP contribution in [0.1, 0.15) is 15.2 Å². The minimum absolute atomic E-state index is 0.109. The number of carbonyl (C=O) groups is 1. The predicted molar refractivity (Wildman–Crippen MR) is 68.4 cm³/mol. The van der Waals surface area contributed by atoms with Crippen molar-refractivity contribution in [2.24, 2.45) is 0 Å². The van der Waals surface area contributed by atoms with E-state index in [4.69, 9.17) is 14.7 Å². The molecule has 0 fully saturated rings. The molecule has 0 N–H and O–H groups in total. The molecule has 0 radical (unpaired) electrons. The Labute approximate surface area is 113 Å². The highest BCUT2D eigenvalue weighted by atomic mass is 32.1. The summed E-state index contributed by atoms with van der Waals surface area (Å²) in [4.78, 5) is 12.1. The Hall–Kier alpha value is -1.97. The number of carbonyl (C=O) groups excluding carboxylic acids is 1. The van der Waals surface area contributed by atoms with Crippen LogP contribution in [0.5, 0.6) is 0 Å². The highest BCUT2D eigenvalue weighted by molar-refractivity contribution is 7.21. The molecular formula is C13H10FNO3S. The topological polar surface area (TPSA) is 59.3 Å². The molecule has 0 aliphatic heterocycles. The number of nitriles is 1. The zero-order valence-corrected chi connectivity index (χ0v) is 10.9. The van der Waals surface area contributed by atoms with Crippen LogP contribution in [0.2, 0.25) is 0 Å². The Bertz CT molecular complexity index is 660. The number of esters is 1. The second-order valence-electron chi connectivity index (χ2n) is 3.69. The van der Waals surface area contributed by atoms with Gasteiger partial charge in [-0.15, -0.1) is 11.3 Å². The van der Waals surface area contributed by atoms with E-state index in [2.05, 4.69) is 0 Å². The van der Waals surface area contributed by atoms with Crippen LogP contribution < -0.4 is 0 Å². The molecule has 0 bridgehead atoms. The Morgan fingerprint density at radius 1 is 1.53 bits per heavy atom. The Balaban J connectivity index is 2.54. The van der Waals surface area contributed by atoms with Crippen LogP contribution in [0.4, 0.5) is 4.39 Å². The summed E-state index contributed by atoms with van der Waals surface area (Å²) in [5.41, 5.74) is 0.462. The fraction of sp³-hybridized carbons (Fsp3) is 0.231. The molecule has 2 rings (SSSR count). The number of thiophene rings is 1. The number of hydrogen-bond donors (Lipinski definition) is 0. The van der Waals surface area contributed by atoms with Gasteiger partial charge in [-0.1, -0.05) is 6.07 Å². The van der Waals surface area contributed by atoms with Gasteiger partial charge in [0.1, 0.15) is 16.8 Å². The monoisotopic (exact) mass is 279 g/mol. The fourth-order valence-corrected chi connectivity index (χ4v) is 2.89. The van der Waals surface area contributed by atoms with Gasteiger partial charge in [0, 0.05) is 22.8 Å². The van der Waals surface area contributed by atoms with Gasteiger partial charge in [0.25, 0.3) is 0 Å². The van der Waals surface area contributed by atoms with Crippen molar-refractivity contribution < 1.29 is 18.7 Å². The van der Waals surface area contributed by atoms with E-state index in [1.807, 2.05) is 0 Å². The van der Waals surface area contributed by atoms with Crippen molar-refractivity contribution in [3.05, 3.63) is 34.5 Å². The van der Waals surface area contributed by atoms with Crippen molar-refractivity contribution in [2.45, 2.75) is 6.61 Å². The van der Waals surface area contributed by atoms with Gasteiger partial charge < -0.3 is 9.47 Å². The van der Waals surface area contributed by atoms with Gasteiger partial charge in [0.05, 0.1) is 6.61 Å². The summed E-state index contributed by atoms with van der Waals surface area (Å²) in [5, 5.41) is 8.78. The van der Waals surface area contributed by atoms with Crippen LogP contribution in [0, 0.1) is 17.1 Å². The third-order valence-corrected chi connectivity index (χ3v) is 3.68. The van der Waals surface area contributed by atoms with Gasteiger partial charge in [-0.2, -0.15) is 5.26 Å². The number of ether oxygens (including phenoxy) is 2. The summed E-state index contributed by atoms with van der Waals surface area (Å²) >= 11 is 1.13. The summed E-state index contributed by atoms with van der Waals surface area (Å²) in [5.74, 6) is -1.03. The minimum atomic E-state index is -0.630. The highest BCUT2D eigenvalue weighted by Crippen LogP contribution is 2.34. The summed E-state index contributed by atoms with van der Waals surface area (Å²) in [6.07, 6.45) is 0. The molecule has 1 aromatic carbocycles. The first kappa shape index (κ1) is 13.5. The molecule has 0 saturated heterocycles. The molecule has 98 valence electrons. The largest absolute Gasteiger partial charge is 0.446 e. The van der Waals surface area contributed by atoms with E-state index in [1.54, 1.807) is 18.2 Å². The van der Waals surface area contributed by atoms with E-state index in [9.17, 15) is 9.18 Å². The van der Waals surface area contributed by atoms with Crippen LogP contribution in [0.15, 0.2) is 18.2 Å². The van der Waals surface area contributed by atoms with Crippen molar-refractivity contribution >= 4 is 27.4 Å². The van der Waals surface area contributed by atoms with Gasteiger partial charge in [0.15, 0.2) is 6.61 Å². The van der Waals surface area contributed by atoms with Gasteiger partial charge in [-0.05, 0) is 12.1 Å². The number of benzene rings is 1. The smallest absolute Gasteiger partial charge is 0.349 e. The molecule has 6 heteroatoms. The number of halogens is 1. The van der Waals surface area contributed by atoms with Gasteiger partial charge in [0.2, 0.25) is 0 Å². The first-order chi connectivity index (χ1) is 9.19. The second kappa shape index (κ2) is 5.78. The van der Waals surface area contributed by atoms with E-state index in [0.29, 0.717) is 15.6 Å². The molecule has 1 heterocycles. The molecule has 2 aromatic rings. The van der Waals surface area contributed by atoms with E-state index >= 15 is 0 Å².